The lowest BCUT2D eigenvalue weighted by Gasteiger charge is -2.20. The molecule has 7 nitrogen and oxygen atoms in total. The number of amidine groups is 1. The van der Waals surface area contributed by atoms with E-state index in [0.717, 1.165) is 0 Å². The number of nitrogens with two attached hydrogens (primary N) is 1. The first-order valence-electron chi connectivity index (χ1n) is 6.29. The second kappa shape index (κ2) is 7.22. The molecule has 0 spiro atoms. The van der Waals surface area contributed by atoms with Gasteiger partial charge in [-0.05, 0) is 32.0 Å². The van der Waals surface area contributed by atoms with Crippen molar-refractivity contribution in [1.82, 2.24) is 4.90 Å². The summed E-state index contributed by atoms with van der Waals surface area (Å²) in [5, 5.41) is 14.3. The average molecular weight is 280 g/mol. The van der Waals surface area contributed by atoms with E-state index in [0.29, 0.717) is 30.1 Å². The third-order valence-electron chi connectivity index (χ3n) is 2.90. The Kier molecular flexibility index (Phi) is 5.64. The maximum Gasteiger partial charge on any atom is 0.321 e. The number of nitrogens with zero attached hydrogens (tertiary/aromatic N) is 2. The third-order valence-corrected chi connectivity index (χ3v) is 2.90. The number of ether oxygens (including phenoxy) is 1. The van der Waals surface area contributed by atoms with Crippen molar-refractivity contribution in [2.75, 3.05) is 25.5 Å². The molecule has 2 amide bonds. The van der Waals surface area contributed by atoms with Crippen LogP contribution < -0.4 is 15.8 Å². The molecule has 0 saturated heterocycles. The van der Waals surface area contributed by atoms with E-state index < -0.39 is 0 Å². The normalized spacial score (nSPS) is 11.1. The second-order valence-corrected chi connectivity index (χ2v) is 4.00. The third kappa shape index (κ3) is 3.53. The first-order valence-corrected chi connectivity index (χ1v) is 6.29. The van der Waals surface area contributed by atoms with Gasteiger partial charge in [-0.1, -0.05) is 5.16 Å². The molecule has 4 N–H and O–H groups in total. The van der Waals surface area contributed by atoms with Gasteiger partial charge in [-0.3, -0.25) is 0 Å². The van der Waals surface area contributed by atoms with E-state index in [-0.39, 0.29) is 11.9 Å². The smallest absolute Gasteiger partial charge is 0.321 e. The van der Waals surface area contributed by atoms with Gasteiger partial charge >= 0.3 is 6.03 Å². The molecule has 0 unspecified atom stereocenters. The van der Waals surface area contributed by atoms with Crippen molar-refractivity contribution < 1.29 is 14.7 Å². The van der Waals surface area contributed by atoms with Crippen molar-refractivity contribution in [1.29, 1.82) is 0 Å². The lowest BCUT2D eigenvalue weighted by molar-refractivity contribution is 0.217. The summed E-state index contributed by atoms with van der Waals surface area (Å²) in [6.45, 7) is 5.04. The van der Waals surface area contributed by atoms with Gasteiger partial charge in [0.1, 0.15) is 5.75 Å². The van der Waals surface area contributed by atoms with E-state index in [9.17, 15) is 4.79 Å². The molecule has 1 aromatic rings. The highest BCUT2D eigenvalue weighted by atomic mass is 16.5. The molecule has 0 heterocycles. The number of hydrogen-bond acceptors (Lipinski definition) is 4. The lowest BCUT2D eigenvalue weighted by atomic mass is 10.1. The maximum atomic E-state index is 12.0. The van der Waals surface area contributed by atoms with Crippen molar-refractivity contribution in [2.45, 2.75) is 13.8 Å². The van der Waals surface area contributed by atoms with Crippen LogP contribution in [0.4, 0.5) is 10.5 Å². The van der Waals surface area contributed by atoms with Crippen molar-refractivity contribution in [3.8, 4) is 5.75 Å². The number of urea groups is 1. The Labute approximate surface area is 118 Å². The molecule has 0 bridgehead atoms. The molecule has 0 aliphatic rings. The second-order valence-electron chi connectivity index (χ2n) is 4.00. The van der Waals surface area contributed by atoms with Crippen LogP contribution in [0.5, 0.6) is 5.75 Å². The summed E-state index contributed by atoms with van der Waals surface area (Å²) in [5.41, 5.74) is 6.54. The number of carbonyl (C=O) groups excluding carboxylic acids is 1. The minimum atomic E-state index is -0.204. The Morgan fingerprint density at radius 3 is 2.60 bits per heavy atom. The summed E-state index contributed by atoms with van der Waals surface area (Å²) in [7, 11) is 1.48. The predicted octanol–water partition coefficient (Wildman–Crippen LogP) is 1.66. The summed E-state index contributed by atoms with van der Waals surface area (Å²) in [4.78, 5) is 13.6. The minimum Gasteiger partial charge on any atom is -0.495 e. The van der Waals surface area contributed by atoms with Crippen LogP contribution in [0.2, 0.25) is 0 Å². The molecular formula is C13H20N4O3. The lowest BCUT2D eigenvalue weighted by Crippen LogP contribution is -2.34. The van der Waals surface area contributed by atoms with Gasteiger partial charge in [0.2, 0.25) is 0 Å². The molecule has 7 heteroatoms. The summed E-state index contributed by atoms with van der Waals surface area (Å²) < 4.78 is 5.20. The van der Waals surface area contributed by atoms with Gasteiger partial charge in [0, 0.05) is 18.7 Å². The molecule has 0 aliphatic heterocycles. The fraction of sp³-hybridized carbons (Fsp3) is 0.385. The maximum absolute atomic E-state index is 12.0. The quantitative estimate of drug-likeness (QED) is 0.330. The van der Waals surface area contributed by atoms with Gasteiger partial charge in [0.05, 0.1) is 12.8 Å². The molecule has 20 heavy (non-hydrogen) atoms. The average Bonchev–Trinajstić information content (AvgIpc) is 2.48. The van der Waals surface area contributed by atoms with Crippen LogP contribution >= 0.6 is 0 Å². The van der Waals surface area contributed by atoms with Crippen LogP contribution in [-0.4, -0.2) is 42.2 Å². The van der Waals surface area contributed by atoms with Crippen molar-refractivity contribution >= 4 is 17.6 Å². The molecule has 110 valence electrons. The molecule has 0 fully saturated rings. The molecule has 1 aromatic carbocycles. The molecule has 1 rings (SSSR count). The number of nitrogens with one attached hydrogen (secondary N) is 1. The SMILES string of the molecule is CCN(CC)C(=O)Nc1ccc(/C(N)=N/O)cc1OC. The predicted molar refractivity (Wildman–Crippen MR) is 77.4 cm³/mol. The Morgan fingerprint density at radius 1 is 1.45 bits per heavy atom. The van der Waals surface area contributed by atoms with Crippen LogP contribution in [0.15, 0.2) is 23.4 Å². The zero-order valence-electron chi connectivity index (χ0n) is 11.9. The Balaban J connectivity index is 2.99. The number of methoxy groups -OCH3 is 1. The number of anilines is 1. The van der Waals surface area contributed by atoms with Gasteiger partial charge < -0.3 is 25.9 Å². The Morgan fingerprint density at radius 2 is 2.10 bits per heavy atom. The fourth-order valence-corrected chi connectivity index (χ4v) is 1.72. The standard InChI is InChI=1S/C13H20N4O3/c1-4-17(5-2)13(18)15-10-7-6-9(12(14)16-19)8-11(10)20-3/h6-8,19H,4-5H2,1-3H3,(H2,14,16)(H,15,18). The molecule has 0 atom stereocenters. The summed E-state index contributed by atoms with van der Waals surface area (Å²) in [6.07, 6.45) is 0. The van der Waals surface area contributed by atoms with Gasteiger partial charge in [-0.2, -0.15) is 0 Å². The van der Waals surface area contributed by atoms with Gasteiger partial charge in [-0.15, -0.1) is 0 Å². The minimum absolute atomic E-state index is 0.0232. The van der Waals surface area contributed by atoms with E-state index in [1.807, 2.05) is 13.8 Å². The highest BCUT2D eigenvalue weighted by molar-refractivity contribution is 5.99. The van der Waals surface area contributed by atoms with Gasteiger partial charge in [-0.25, -0.2) is 4.79 Å². The molecule has 0 saturated carbocycles. The van der Waals surface area contributed by atoms with Crippen molar-refractivity contribution in [2.24, 2.45) is 10.9 Å². The molecule has 0 aromatic heterocycles. The zero-order chi connectivity index (χ0) is 15.1. The van der Waals surface area contributed by atoms with Gasteiger partial charge in [0.25, 0.3) is 0 Å². The zero-order valence-corrected chi connectivity index (χ0v) is 11.9. The van der Waals surface area contributed by atoms with Crippen LogP contribution in [0.25, 0.3) is 0 Å². The van der Waals surface area contributed by atoms with Crippen LogP contribution in [0, 0.1) is 0 Å². The number of oxime groups is 1. The summed E-state index contributed by atoms with van der Waals surface area (Å²) in [6, 6.07) is 4.67. The fourth-order valence-electron chi connectivity index (χ4n) is 1.72. The Hall–Kier alpha value is -2.44. The van der Waals surface area contributed by atoms with Crippen molar-refractivity contribution in [3.63, 3.8) is 0 Å². The van der Waals surface area contributed by atoms with Crippen molar-refractivity contribution in [3.05, 3.63) is 23.8 Å². The monoisotopic (exact) mass is 280 g/mol. The largest absolute Gasteiger partial charge is 0.495 e. The number of benzene rings is 1. The Bertz CT molecular complexity index is 498. The van der Waals surface area contributed by atoms with Crippen LogP contribution in [0.3, 0.4) is 0 Å². The van der Waals surface area contributed by atoms with Gasteiger partial charge in [0.15, 0.2) is 5.84 Å². The highest BCUT2D eigenvalue weighted by Crippen LogP contribution is 2.25. The topological polar surface area (TPSA) is 100 Å². The highest BCUT2D eigenvalue weighted by Gasteiger charge is 2.13. The van der Waals surface area contributed by atoms with Crippen LogP contribution in [0.1, 0.15) is 19.4 Å². The first-order chi connectivity index (χ1) is 9.57. The number of rotatable bonds is 5. The van der Waals surface area contributed by atoms with E-state index in [2.05, 4.69) is 10.5 Å². The van der Waals surface area contributed by atoms with E-state index in [1.54, 1.807) is 23.1 Å². The number of amides is 2. The summed E-state index contributed by atoms with van der Waals surface area (Å²) in [5.74, 6) is 0.416. The molecule has 0 aliphatic carbocycles. The molecule has 0 radical (unpaired) electrons. The summed E-state index contributed by atoms with van der Waals surface area (Å²) >= 11 is 0. The number of hydrogen-bond donors (Lipinski definition) is 3. The van der Waals surface area contributed by atoms with E-state index in [1.165, 1.54) is 7.11 Å². The number of carbonyl (C=O) groups is 1. The van der Waals surface area contributed by atoms with Crippen LogP contribution in [-0.2, 0) is 0 Å². The molecular weight excluding hydrogens is 260 g/mol. The van der Waals surface area contributed by atoms with E-state index >= 15 is 0 Å². The van der Waals surface area contributed by atoms with E-state index in [4.69, 9.17) is 15.7 Å². The first kappa shape index (κ1) is 15.6.